The van der Waals surface area contributed by atoms with Gasteiger partial charge >= 0.3 is 11.9 Å². The zero-order chi connectivity index (χ0) is 19.2. The van der Waals surface area contributed by atoms with Gasteiger partial charge in [-0.3, -0.25) is 9.69 Å². The number of hydrogen-bond donors (Lipinski definition) is 1. The molecule has 0 spiro atoms. The first-order chi connectivity index (χ1) is 12.4. The van der Waals surface area contributed by atoms with Crippen LogP contribution in [-0.4, -0.2) is 54.6 Å². The molecule has 2 rings (SSSR count). The van der Waals surface area contributed by atoms with Crippen molar-refractivity contribution in [1.82, 2.24) is 10.2 Å². The molecule has 0 bridgehead atoms. The maximum absolute atomic E-state index is 12.7. The van der Waals surface area contributed by atoms with Gasteiger partial charge in [0.1, 0.15) is 0 Å². The molecule has 1 aliphatic rings. The molecule has 1 fully saturated rings. The number of ether oxygens (including phenoxy) is 2. The lowest BCUT2D eigenvalue weighted by molar-refractivity contribution is -0.169. The monoisotopic (exact) mass is 382 g/mol. The number of esters is 2. The Morgan fingerprint density at radius 1 is 1.27 bits per heavy atom. The van der Waals surface area contributed by atoms with E-state index in [4.69, 9.17) is 9.47 Å². The van der Waals surface area contributed by atoms with Crippen LogP contribution in [0.1, 0.15) is 44.5 Å². The van der Waals surface area contributed by atoms with E-state index in [0.29, 0.717) is 0 Å². The molecule has 1 saturated heterocycles. The van der Waals surface area contributed by atoms with Gasteiger partial charge in [0.25, 0.3) is 0 Å². The molecule has 144 valence electrons. The summed E-state index contributed by atoms with van der Waals surface area (Å²) in [6, 6.07) is 4.13. The van der Waals surface area contributed by atoms with E-state index in [1.807, 2.05) is 17.5 Å². The summed E-state index contributed by atoms with van der Waals surface area (Å²) in [7, 11) is 0. The van der Waals surface area contributed by atoms with Crippen molar-refractivity contribution in [2.24, 2.45) is 0 Å². The highest BCUT2D eigenvalue weighted by atomic mass is 32.1. The minimum atomic E-state index is -1.86. The second kappa shape index (κ2) is 9.14. The number of rotatable bonds is 8. The third kappa shape index (κ3) is 4.42. The molecular weight excluding hydrogens is 356 g/mol. The second-order valence-corrected chi connectivity index (χ2v) is 7.15. The number of carbonyl (C=O) groups excluding carboxylic acids is 3. The fraction of sp³-hybridized carbons (Fsp3) is 0.611. The Hall–Kier alpha value is -1.93. The van der Waals surface area contributed by atoms with E-state index in [1.165, 1.54) is 11.8 Å². The van der Waals surface area contributed by atoms with Crippen LogP contribution in [0.3, 0.4) is 0 Å². The van der Waals surface area contributed by atoms with Gasteiger partial charge in [-0.1, -0.05) is 6.07 Å². The van der Waals surface area contributed by atoms with Crippen molar-refractivity contribution in [2.45, 2.75) is 45.2 Å². The zero-order valence-electron chi connectivity index (χ0n) is 15.4. The number of nitrogens with zero attached hydrogens (tertiary/aromatic N) is 1. The summed E-state index contributed by atoms with van der Waals surface area (Å²) < 4.78 is 10.3. The Kier molecular flexibility index (Phi) is 7.16. The highest BCUT2D eigenvalue weighted by molar-refractivity contribution is 7.10. The first kappa shape index (κ1) is 20.4. The molecule has 1 aromatic rings. The van der Waals surface area contributed by atoms with Crippen LogP contribution in [0.4, 0.5) is 0 Å². The van der Waals surface area contributed by atoms with Gasteiger partial charge in [-0.05, 0) is 44.7 Å². The van der Waals surface area contributed by atoms with E-state index in [0.717, 1.165) is 19.4 Å². The van der Waals surface area contributed by atoms with Crippen LogP contribution in [0.15, 0.2) is 17.5 Å². The molecule has 8 heteroatoms. The fourth-order valence-corrected chi connectivity index (χ4v) is 4.18. The lowest BCUT2D eigenvalue weighted by Gasteiger charge is -2.35. The van der Waals surface area contributed by atoms with Crippen LogP contribution < -0.4 is 5.32 Å². The molecule has 1 N–H and O–H groups in total. The molecular formula is C18H26N2O5S. The average Bonchev–Trinajstić information content (AvgIpc) is 3.24. The van der Waals surface area contributed by atoms with E-state index in [1.54, 1.807) is 25.2 Å². The van der Waals surface area contributed by atoms with Crippen molar-refractivity contribution in [3.63, 3.8) is 0 Å². The number of amides is 1. The van der Waals surface area contributed by atoms with E-state index >= 15 is 0 Å². The van der Waals surface area contributed by atoms with Gasteiger partial charge in [0.15, 0.2) is 0 Å². The van der Waals surface area contributed by atoms with Crippen LogP contribution in [0.25, 0.3) is 0 Å². The zero-order valence-corrected chi connectivity index (χ0v) is 16.3. The average molecular weight is 382 g/mol. The number of carbonyl (C=O) groups is 3. The van der Waals surface area contributed by atoms with Crippen molar-refractivity contribution in [3.8, 4) is 0 Å². The van der Waals surface area contributed by atoms with Gasteiger partial charge in [-0.2, -0.15) is 0 Å². The molecule has 1 aliphatic heterocycles. The fourth-order valence-electron chi connectivity index (χ4n) is 3.29. The summed E-state index contributed by atoms with van der Waals surface area (Å²) in [5.41, 5.74) is -1.86. The second-order valence-electron chi connectivity index (χ2n) is 6.17. The number of likely N-dealkylation sites (tertiary alicyclic amines) is 1. The molecule has 1 aromatic heterocycles. The minimum Gasteiger partial charge on any atom is -0.464 e. The maximum Gasteiger partial charge on any atom is 0.345 e. The van der Waals surface area contributed by atoms with Crippen molar-refractivity contribution >= 4 is 29.2 Å². The smallest absolute Gasteiger partial charge is 0.345 e. The van der Waals surface area contributed by atoms with Crippen molar-refractivity contribution < 1.29 is 23.9 Å². The third-order valence-corrected chi connectivity index (χ3v) is 5.29. The van der Waals surface area contributed by atoms with Crippen molar-refractivity contribution in [2.75, 3.05) is 26.3 Å². The molecule has 0 aliphatic carbocycles. The topological polar surface area (TPSA) is 84.9 Å². The Morgan fingerprint density at radius 3 is 2.42 bits per heavy atom. The van der Waals surface area contributed by atoms with Crippen molar-refractivity contribution in [1.29, 1.82) is 0 Å². The summed E-state index contributed by atoms with van der Waals surface area (Å²) in [4.78, 5) is 40.5. The lowest BCUT2D eigenvalue weighted by atomic mass is 9.97. The standard InChI is InChI=1S/C18H26N2O5S/c1-4-24-16(22)18(19-13(3)21,17(23)25-5-2)12-20-10-6-8-14(20)15-9-7-11-26-15/h7,9,11,14H,4-6,8,10,12H2,1-3H3,(H,19,21)/t14-/m1/s1. The molecule has 0 saturated carbocycles. The summed E-state index contributed by atoms with van der Waals surface area (Å²) in [5, 5.41) is 4.53. The quantitative estimate of drug-likeness (QED) is 0.546. The van der Waals surface area contributed by atoms with Gasteiger partial charge in [-0.25, -0.2) is 9.59 Å². The molecule has 0 unspecified atom stereocenters. The Labute approximate surface area is 157 Å². The lowest BCUT2D eigenvalue weighted by Crippen LogP contribution is -2.66. The predicted molar refractivity (Wildman–Crippen MR) is 97.7 cm³/mol. The first-order valence-electron chi connectivity index (χ1n) is 8.85. The van der Waals surface area contributed by atoms with Crippen LogP contribution in [0.5, 0.6) is 0 Å². The molecule has 7 nitrogen and oxygen atoms in total. The number of thiophene rings is 1. The SMILES string of the molecule is CCOC(=O)C(CN1CCC[C@@H]1c1cccs1)(NC(C)=O)C(=O)OCC. The first-order valence-corrected chi connectivity index (χ1v) is 9.73. The van der Waals surface area contributed by atoms with Crippen LogP contribution in [0, 0.1) is 0 Å². The summed E-state index contributed by atoms with van der Waals surface area (Å²) in [6.07, 6.45) is 1.88. The largest absolute Gasteiger partial charge is 0.464 e. The number of hydrogen-bond acceptors (Lipinski definition) is 7. The van der Waals surface area contributed by atoms with Gasteiger partial charge in [0.05, 0.1) is 13.2 Å². The molecule has 2 heterocycles. The molecule has 1 atom stereocenters. The summed E-state index contributed by atoms with van der Waals surface area (Å²) in [6.45, 7) is 5.54. The Bertz CT molecular complexity index is 614. The van der Waals surface area contributed by atoms with Gasteiger partial charge in [0, 0.05) is 24.4 Å². The molecule has 1 amide bonds. The van der Waals surface area contributed by atoms with E-state index < -0.39 is 23.4 Å². The maximum atomic E-state index is 12.7. The Morgan fingerprint density at radius 2 is 1.92 bits per heavy atom. The highest BCUT2D eigenvalue weighted by Gasteiger charge is 2.52. The molecule has 0 aromatic carbocycles. The van der Waals surface area contributed by atoms with Gasteiger partial charge in [0.2, 0.25) is 11.4 Å². The van der Waals surface area contributed by atoms with Gasteiger partial charge in [-0.15, -0.1) is 11.3 Å². The highest BCUT2D eigenvalue weighted by Crippen LogP contribution is 2.35. The summed E-state index contributed by atoms with van der Waals surface area (Å²) >= 11 is 1.64. The van der Waals surface area contributed by atoms with E-state index in [2.05, 4.69) is 10.2 Å². The third-order valence-electron chi connectivity index (χ3n) is 4.31. The van der Waals surface area contributed by atoms with Crippen LogP contribution >= 0.6 is 11.3 Å². The molecule has 0 radical (unpaired) electrons. The summed E-state index contributed by atoms with van der Waals surface area (Å²) in [5.74, 6) is -2.06. The van der Waals surface area contributed by atoms with Crippen LogP contribution in [-0.2, 0) is 23.9 Å². The molecule has 26 heavy (non-hydrogen) atoms. The normalized spacial score (nSPS) is 17.7. The number of nitrogens with one attached hydrogen (secondary N) is 1. The predicted octanol–water partition coefficient (Wildman–Crippen LogP) is 1.89. The van der Waals surface area contributed by atoms with Crippen LogP contribution in [0.2, 0.25) is 0 Å². The van der Waals surface area contributed by atoms with E-state index in [-0.39, 0.29) is 25.8 Å². The minimum absolute atomic E-state index is 0.0206. The van der Waals surface area contributed by atoms with Gasteiger partial charge < -0.3 is 14.8 Å². The van der Waals surface area contributed by atoms with Crippen molar-refractivity contribution in [3.05, 3.63) is 22.4 Å². The van der Waals surface area contributed by atoms with E-state index in [9.17, 15) is 14.4 Å². The Balaban J connectivity index is 2.36.